The van der Waals surface area contributed by atoms with Gasteiger partial charge < -0.3 is 4.84 Å². The van der Waals surface area contributed by atoms with E-state index in [1.807, 2.05) is 24.9 Å². The van der Waals surface area contributed by atoms with Crippen LogP contribution in [0.2, 0.25) is 0 Å². The molecule has 0 aromatic heterocycles. The Hall–Kier alpha value is -0.710. The Balaban J connectivity index is 1.69. The zero-order valence-corrected chi connectivity index (χ0v) is 12.5. The minimum atomic E-state index is 0.641. The van der Waals surface area contributed by atoms with Crippen LogP contribution in [0.5, 0.6) is 5.75 Å². The summed E-state index contributed by atoms with van der Waals surface area (Å²) in [5.41, 5.74) is 1.74. The van der Waals surface area contributed by atoms with Gasteiger partial charge in [0.15, 0.2) is 0 Å². The fourth-order valence-electron chi connectivity index (χ4n) is 3.39. The summed E-state index contributed by atoms with van der Waals surface area (Å²) in [5.74, 6) is 5.99. The molecule has 3 nitrogen and oxygen atoms in total. The third-order valence-electron chi connectivity index (χ3n) is 4.62. The molecule has 1 atom stereocenters. The molecular formula is C15H22N2OS. The van der Waals surface area contributed by atoms with Crippen molar-refractivity contribution in [2.75, 3.05) is 6.54 Å². The summed E-state index contributed by atoms with van der Waals surface area (Å²) in [5, 5.41) is 0. The largest absolute Gasteiger partial charge is 0.411 e. The van der Waals surface area contributed by atoms with Crippen molar-refractivity contribution in [3.63, 3.8) is 0 Å². The normalized spacial score (nSPS) is 25.5. The van der Waals surface area contributed by atoms with Crippen LogP contribution < -0.4 is 10.7 Å². The van der Waals surface area contributed by atoms with E-state index in [0.717, 1.165) is 11.3 Å². The first-order valence-electron chi connectivity index (χ1n) is 7.04. The van der Waals surface area contributed by atoms with Crippen molar-refractivity contribution in [2.45, 2.75) is 50.5 Å². The number of aryl methyl sites for hydroxylation is 1. The quantitative estimate of drug-likeness (QED) is 0.678. The first-order valence-corrected chi connectivity index (χ1v) is 7.81. The average Bonchev–Trinajstić information content (AvgIpc) is 2.67. The maximum atomic E-state index is 5.23. The van der Waals surface area contributed by atoms with Crippen LogP contribution >= 0.6 is 11.9 Å². The molecule has 1 aromatic carbocycles. The number of hydrogen-bond acceptors (Lipinski definition) is 4. The maximum Gasteiger partial charge on any atom is 0.149 e. The Labute approximate surface area is 119 Å². The molecule has 1 aliphatic carbocycles. The predicted octanol–water partition coefficient (Wildman–Crippen LogP) is 3.52. The Bertz CT molecular complexity index is 473. The Kier molecular flexibility index (Phi) is 3.50. The highest BCUT2D eigenvalue weighted by Crippen LogP contribution is 2.52. The molecule has 1 saturated heterocycles. The van der Waals surface area contributed by atoms with E-state index < -0.39 is 0 Å². The van der Waals surface area contributed by atoms with Crippen molar-refractivity contribution < 1.29 is 4.84 Å². The van der Waals surface area contributed by atoms with Gasteiger partial charge in [0.25, 0.3) is 0 Å². The summed E-state index contributed by atoms with van der Waals surface area (Å²) in [6.07, 6.45) is 5.64. The number of benzene rings is 1. The summed E-state index contributed by atoms with van der Waals surface area (Å²) >= 11 is 1.88. The lowest BCUT2D eigenvalue weighted by molar-refractivity contribution is 0.154. The minimum Gasteiger partial charge on any atom is -0.411 e. The van der Waals surface area contributed by atoms with E-state index in [9.17, 15) is 0 Å². The fourth-order valence-corrected chi connectivity index (χ4v) is 4.61. The third-order valence-corrected chi connectivity index (χ3v) is 5.81. The number of hydrogen-bond donors (Lipinski definition) is 1. The molecule has 3 rings (SSSR count). The molecule has 1 saturated carbocycles. The standard InChI is InChI=1S/C15H22N2OS/c1-11-8-13(4-5-14(11)18-16)19-17-10-15(6-3-7-15)9-12(17)2/h4-5,8,12H,3,6-7,9-10,16H2,1-2H3. The molecule has 2 aliphatic rings. The van der Waals surface area contributed by atoms with Gasteiger partial charge in [-0.1, -0.05) is 6.42 Å². The van der Waals surface area contributed by atoms with E-state index in [2.05, 4.69) is 23.4 Å². The van der Waals surface area contributed by atoms with Crippen LogP contribution in [0, 0.1) is 12.3 Å². The second kappa shape index (κ2) is 5.00. The summed E-state index contributed by atoms with van der Waals surface area (Å²) < 4.78 is 2.55. The molecule has 0 bridgehead atoms. The van der Waals surface area contributed by atoms with E-state index in [1.165, 1.54) is 37.1 Å². The van der Waals surface area contributed by atoms with Crippen LogP contribution in [0.25, 0.3) is 0 Å². The molecule has 1 unspecified atom stereocenters. The summed E-state index contributed by atoms with van der Waals surface area (Å²) in [4.78, 5) is 6.11. The van der Waals surface area contributed by atoms with Crippen molar-refractivity contribution in [2.24, 2.45) is 11.3 Å². The predicted molar refractivity (Wildman–Crippen MR) is 78.9 cm³/mol. The number of nitrogens with two attached hydrogens (primary N) is 1. The van der Waals surface area contributed by atoms with Crippen LogP contribution in [-0.4, -0.2) is 16.9 Å². The SMILES string of the molecule is Cc1cc(SN2CC3(CCC3)CC2C)ccc1ON. The van der Waals surface area contributed by atoms with Gasteiger partial charge in [0.2, 0.25) is 0 Å². The molecule has 1 aromatic rings. The summed E-state index contributed by atoms with van der Waals surface area (Å²) in [6, 6.07) is 6.89. The fraction of sp³-hybridized carbons (Fsp3) is 0.600. The lowest BCUT2D eigenvalue weighted by atomic mass is 9.68. The van der Waals surface area contributed by atoms with Gasteiger partial charge in [-0.25, -0.2) is 4.31 Å². The van der Waals surface area contributed by atoms with E-state index in [0.29, 0.717) is 11.5 Å². The molecule has 19 heavy (non-hydrogen) atoms. The van der Waals surface area contributed by atoms with Gasteiger partial charge in [-0.3, -0.25) is 0 Å². The van der Waals surface area contributed by atoms with Crippen LogP contribution in [0.15, 0.2) is 23.1 Å². The molecule has 1 aliphatic heterocycles. The van der Waals surface area contributed by atoms with Crippen LogP contribution in [0.4, 0.5) is 0 Å². The topological polar surface area (TPSA) is 38.5 Å². The highest BCUT2D eigenvalue weighted by molar-refractivity contribution is 7.97. The van der Waals surface area contributed by atoms with E-state index >= 15 is 0 Å². The minimum absolute atomic E-state index is 0.641. The number of nitrogens with zero attached hydrogens (tertiary/aromatic N) is 1. The van der Waals surface area contributed by atoms with Crippen LogP contribution in [-0.2, 0) is 0 Å². The first-order chi connectivity index (χ1) is 9.12. The van der Waals surface area contributed by atoms with Gasteiger partial charge in [-0.2, -0.15) is 5.90 Å². The Morgan fingerprint density at radius 2 is 2.21 bits per heavy atom. The monoisotopic (exact) mass is 278 g/mol. The average molecular weight is 278 g/mol. The second-order valence-electron chi connectivity index (χ2n) is 6.12. The van der Waals surface area contributed by atoms with Gasteiger partial charge in [0, 0.05) is 17.5 Å². The number of rotatable bonds is 3. The lowest BCUT2D eigenvalue weighted by Gasteiger charge is -2.38. The highest BCUT2D eigenvalue weighted by Gasteiger charge is 2.46. The van der Waals surface area contributed by atoms with Crippen molar-refractivity contribution in [1.82, 2.24) is 4.31 Å². The van der Waals surface area contributed by atoms with E-state index in [4.69, 9.17) is 10.7 Å². The third kappa shape index (κ3) is 2.49. The van der Waals surface area contributed by atoms with Crippen molar-refractivity contribution in [1.29, 1.82) is 0 Å². The van der Waals surface area contributed by atoms with Gasteiger partial charge in [0.1, 0.15) is 5.75 Å². The van der Waals surface area contributed by atoms with Crippen molar-refractivity contribution >= 4 is 11.9 Å². The summed E-state index contributed by atoms with van der Waals surface area (Å²) in [7, 11) is 0. The first kappa shape index (κ1) is 13.3. The van der Waals surface area contributed by atoms with Crippen LogP contribution in [0.1, 0.15) is 38.2 Å². The van der Waals surface area contributed by atoms with E-state index in [-0.39, 0.29) is 0 Å². The molecular weight excluding hydrogens is 256 g/mol. The molecule has 4 heteroatoms. The lowest BCUT2D eigenvalue weighted by Crippen LogP contribution is -2.31. The van der Waals surface area contributed by atoms with E-state index in [1.54, 1.807) is 0 Å². The van der Waals surface area contributed by atoms with Gasteiger partial charge >= 0.3 is 0 Å². The van der Waals surface area contributed by atoms with Crippen molar-refractivity contribution in [3.8, 4) is 5.75 Å². The molecule has 0 radical (unpaired) electrons. The smallest absolute Gasteiger partial charge is 0.149 e. The van der Waals surface area contributed by atoms with Gasteiger partial charge in [-0.15, -0.1) is 0 Å². The molecule has 2 N–H and O–H groups in total. The zero-order chi connectivity index (χ0) is 13.5. The Morgan fingerprint density at radius 1 is 1.42 bits per heavy atom. The van der Waals surface area contributed by atoms with Crippen molar-refractivity contribution in [3.05, 3.63) is 23.8 Å². The second-order valence-corrected chi connectivity index (χ2v) is 7.24. The molecule has 0 amide bonds. The molecule has 1 heterocycles. The zero-order valence-electron chi connectivity index (χ0n) is 11.7. The maximum absolute atomic E-state index is 5.23. The Morgan fingerprint density at radius 3 is 2.74 bits per heavy atom. The molecule has 2 fully saturated rings. The molecule has 104 valence electrons. The van der Waals surface area contributed by atoms with Gasteiger partial charge in [0.05, 0.1) is 0 Å². The van der Waals surface area contributed by atoms with Crippen LogP contribution in [0.3, 0.4) is 0 Å². The highest BCUT2D eigenvalue weighted by atomic mass is 32.2. The molecule has 1 spiro atoms. The van der Waals surface area contributed by atoms with Gasteiger partial charge in [-0.05, 0) is 74.2 Å². The summed E-state index contributed by atoms with van der Waals surface area (Å²) in [6.45, 7) is 5.63.